The van der Waals surface area contributed by atoms with Gasteiger partial charge in [-0.3, -0.25) is 29.0 Å². The summed E-state index contributed by atoms with van der Waals surface area (Å²) < 4.78 is 0. The molecule has 7 amide bonds. The van der Waals surface area contributed by atoms with E-state index in [-0.39, 0.29) is 63.9 Å². The summed E-state index contributed by atoms with van der Waals surface area (Å²) in [7, 11) is 1.60. The molecule has 326 valence electrons. The van der Waals surface area contributed by atoms with Crippen molar-refractivity contribution in [3.8, 4) is 0 Å². The highest BCUT2D eigenvalue weighted by atomic mass is 16.2. The number of carbonyl (C=O) groups excluding carboxylic acids is 7. The van der Waals surface area contributed by atoms with Crippen molar-refractivity contribution in [3.63, 3.8) is 0 Å². The number of likely N-dealkylation sites (N-methyl/N-ethyl adjacent to an activating group) is 1. The van der Waals surface area contributed by atoms with E-state index < -0.39 is 76.9 Å². The Kier molecular flexibility index (Phi) is 14.0. The maximum Gasteiger partial charge on any atom is 0.325 e. The number of imide groups is 1. The average molecular weight is 841 g/mol. The molecule has 0 spiro atoms. The zero-order chi connectivity index (χ0) is 43.7. The number of primary amides is 1. The van der Waals surface area contributed by atoms with Crippen molar-refractivity contribution in [3.05, 3.63) is 71.9 Å². The smallest absolute Gasteiger partial charge is 0.325 e. The second-order valence-electron chi connectivity index (χ2n) is 16.1. The fourth-order valence-electron chi connectivity index (χ4n) is 8.60. The van der Waals surface area contributed by atoms with Crippen LogP contribution in [0.3, 0.4) is 0 Å². The van der Waals surface area contributed by atoms with E-state index in [1.807, 2.05) is 54.6 Å². The zero-order valence-corrected chi connectivity index (χ0v) is 34.2. The van der Waals surface area contributed by atoms with Gasteiger partial charge in [0.25, 0.3) is 5.91 Å². The highest BCUT2D eigenvalue weighted by Crippen LogP contribution is 2.44. The molecule has 6 atom stereocenters. The van der Waals surface area contributed by atoms with Gasteiger partial charge >= 0.3 is 6.03 Å². The van der Waals surface area contributed by atoms with Crippen LogP contribution in [0.4, 0.5) is 4.79 Å². The molecule has 19 nitrogen and oxygen atoms in total. The third-order valence-corrected chi connectivity index (χ3v) is 12.0. The minimum Gasteiger partial charge on any atom is -0.370 e. The molecule has 3 heterocycles. The number of urea groups is 1. The standard InChI is InChI=1S/C42H56N12O7/c1-46-33-36(58)52-32(22-26-23-48-29-12-6-5-11-28(26)29)35(57)51-30(34(43)56)13-7-8-19-49-41(33,18-20-47-39(44)45)15-14-31-37(59)54(40(61)53-31)42(16-17-42)38(60)50-27(24-55)21-25-9-3-2-4-10-25/h2-6,9-12,23-24,27,30-33,46,48-49H,7-8,13-22H2,1H3,(H2,43,56)(H,50,60)(H,51,57)(H,52,58)(H,53,61)(H4,44,45,47)/t27-,30+,31+,32+,33-,41?/m1/s1. The second kappa shape index (κ2) is 19.4. The second-order valence-corrected chi connectivity index (χ2v) is 16.1. The molecule has 3 aliphatic rings. The van der Waals surface area contributed by atoms with Crippen molar-refractivity contribution in [2.75, 3.05) is 20.1 Å². The van der Waals surface area contributed by atoms with Crippen LogP contribution in [-0.4, -0.2) is 119 Å². The molecular formula is C42H56N12O7. The summed E-state index contributed by atoms with van der Waals surface area (Å²) in [4.78, 5) is 103. The van der Waals surface area contributed by atoms with E-state index in [1.165, 1.54) is 0 Å². The molecule has 1 unspecified atom stereocenters. The SMILES string of the molecule is CN[C@@H]1C(=O)N[C@@H](Cc2c[nH]c3ccccc23)C(=O)N[C@H](C(N)=O)CCCCNC1(CCN=C(N)N)CC[C@@H]1NC(=O)N(C2(C(=O)N[C@@H](C=O)Cc3ccccc3)CC2)C1=O. The highest BCUT2D eigenvalue weighted by Gasteiger charge is 2.62. The van der Waals surface area contributed by atoms with Crippen molar-refractivity contribution < 1.29 is 33.6 Å². The van der Waals surface area contributed by atoms with Crippen LogP contribution in [0.1, 0.15) is 62.5 Å². The summed E-state index contributed by atoms with van der Waals surface area (Å²) in [5.74, 6) is -3.22. The Morgan fingerprint density at radius 1 is 0.934 bits per heavy atom. The van der Waals surface area contributed by atoms with Crippen LogP contribution in [0, 0.1) is 0 Å². The largest absolute Gasteiger partial charge is 0.370 e. The monoisotopic (exact) mass is 840 g/mol. The Hall–Kier alpha value is -6.34. The molecule has 19 heteroatoms. The van der Waals surface area contributed by atoms with Crippen LogP contribution >= 0.6 is 0 Å². The molecule has 2 aromatic carbocycles. The third kappa shape index (κ3) is 10.2. The lowest BCUT2D eigenvalue weighted by Crippen LogP contribution is -2.67. The van der Waals surface area contributed by atoms with E-state index in [1.54, 1.807) is 13.2 Å². The molecule has 13 N–H and O–H groups in total. The Morgan fingerprint density at radius 2 is 1.67 bits per heavy atom. The number of H-pyrrole nitrogens is 1. The van der Waals surface area contributed by atoms with Gasteiger partial charge in [0, 0.05) is 35.6 Å². The normalized spacial score (nSPS) is 24.8. The molecule has 6 rings (SSSR count). The van der Waals surface area contributed by atoms with Gasteiger partial charge in [0.2, 0.25) is 23.6 Å². The zero-order valence-electron chi connectivity index (χ0n) is 34.2. The first kappa shape index (κ1) is 44.2. The number of nitrogens with one attached hydrogen (secondary N) is 7. The number of benzene rings is 2. The van der Waals surface area contributed by atoms with Crippen molar-refractivity contribution >= 4 is 58.7 Å². The third-order valence-electron chi connectivity index (χ3n) is 12.0. The van der Waals surface area contributed by atoms with Crippen molar-refractivity contribution in [1.82, 2.24) is 41.8 Å². The minimum absolute atomic E-state index is 0.0347. The number of aromatic nitrogens is 1. The molecule has 3 aromatic rings. The summed E-state index contributed by atoms with van der Waals surface area (Å²) in [6.07, 6.45) is 4.75. The van der Waals surface area contributed by atoms with Crippen molar-refractivity contribution in [2.45, 2.75) is 105 Å². The van der Waals surface area contributed by atoms with Crippen LogP contribution < -0.4 is 49.1 Å². The van der Waals surface area contributed by atoms with Crippen LogP contribution in [-0.2, 0) is 41.6 Å². The van der Waals surface area contributed by atoms with Gasteiger partial charge in [0.1, 0.15) is 36.0 Å². The van der Waals surface area contributed by atoms with Gasteiger partial charge in [-0.1, -0.05) is 48.5 Å². The minimum atomic E-state index is -1.45. The Morgan fingerprint density at radius 3 is 2.36 bits per heavy atom. The maximum atomic E-state index is 14.6. The van der Waals surface area contributed by atoms with Crippen LogP contribution in [0.15, 0.2) is 65.8 Å². The maximum absolute atomic E-state index is 14.6. The first-order chi connectivity index (χ1) is 29.3. The lowest BCUT2D eigenvalue weighted by molar-refractivity contribution is -0.138. The Balaban J connectivity index is 1.25. The van der Waals surface area contributed by atoms with E-state index in [0.29, 0.717) is 25.7 Å². The van der Waals surface area contributed by atoms with Gasteiger partial charge in [-0.2, -0.15) is 0 Å². The predicted octanol–water partition coefficient (Wildman–Crippen LogP) is -0.911. The summed E-state index contributed by atoms with van der Waals surface area (Å²) >= 11 is 0. The van der Waals surface area contributed by atoms with Gasteiger partial charge in [-0.15, -0.1) is 0 Å². The average Bonchev–Trinajstić information content (AvgIpc) is 3.85. The van der Waals surface area contributed by atoms with Gasteiger partial charge in [-0.25, -0.2) is 9.69 Å². The number of hydrogen-bond donors (Lipinski definition) is 10. The van der Waals surface area contributed by atoms with E-state index >= 15 is 0 Å². The van der Waals surface area contributed by atoms with Gasteiger partial charge in [0.05, 0.1) is 6.04 Å². The summed E-state index contributed by atoms with van der Waals surface area (Å²) in [6, 6.07) is 10.9. The lowest BCUT2D eigenvalue weighted by atomic mass is 9.79. The van der Waals surface area contributed by atoms with E-state index in [2.05, 4.69) is 41.9 Å². The number of fused-ring (bicyclic) bond motifs is 1. The number of guanidine groups is 1. The molecule has 2 saturated heterocycles. The molecule has 61 heavy (non-hydrogen) atoms. The van der Waals surface area contributed by atoms with E-state index in [0.717, 1.165) is 26.9 Å². The van der Waals surface area contributed by atoms with Crippen LogP contribution in [0.5, 0.6) is 0 Å². The number of aromatic amines is 1. The molecule has 2 aliphatic heterocycles. The number of aliphatic imine (C=N–C) groups is 1. The fourth-order valence-corrected chi connectivity index (χ4v) is 8.60. The lowest BCUT2D eigenvalue weighted by Gasteiger charge is -2.42. The quantitative estimate of drug-likeness (QED) is 0.0365. The van der Waals surface area contributed by atoms with Crippen molar-refractivity contribution in [2.24, 2.45) is 22.2 Å². The topological polar surface area (TPSA) is 301 Å². The van der Waals surface area contributed by atoms with Gasteiger partial charge in [0.15, 0.2) is 5.96 Å². The number of amides is 7. The van der Waals surface area contributed by atoms with Crippen molar-refractivity contribution in [1.29, 1.82) is 0 Å². The van der Waals surface area contributed by atoms with E-state index in [9.17, 15) is 33.6 Å². The number of rotatable bonds is 16. The number of nitrogens with two attached hydrogens (primary N) is 3. The number of hydrogen-bond acceptors (Lipinski definition) is 10. The van der Waals surface area contributed by atoms with Gasteiger partial charge < -0.3 is 58.9 Å². The number of para-hydroxylation sites is 1. The van der Waals surface area contributed by atoms with Crippen LogP contribution in [0.25, 0.3) is 10.9 Å². The predicted molar refractivity (Wildman–Crippen MR) is 226 cm³/mol. The fraction of sp³-hybridized carbons (Fsp3) is 0.476. The number of nitrogens with zero attached hydrogens (tertiary/aromatic N) is 2. The number of carbonyl (C=O) groups is 7. The number of aldehydes is 1. The molecule has 1 aromatic heterocycles. The molecular weight excluding hydrogens is 785 g/mol. The van der Waals surface area contributed by atoms with E-state index in [4.69, 9.17) is 17.2 Å². The first-order valence-electron chi connectivity index (χ1n) is 20.7. The summed E-state index contributed by atoms with van der Waals surface area (Å²) in [6.45, 7) is 0.414. The molecule has 0 radical (unpaired) electrons. The molecule has 1 saturated carbocycles. The van der Waals surface area contributed by atoms with Gasteiger partial charge in [-0.05, 0) is 88.6 Å². The highest BCUT2D eigenvalue weighted by molar-refractivity contribution is 6.10. The first-order valence-corrected chi connectivity index (χ1v) is 20.7. The molecule has 3 fully saturated rings. The Labute approximate surface area is 353 Å². The Bertz CT molecular complexity index is 2140. The van der Waals surface area contributed by atoms with Crippen LogP contribution in [0.2, 0.25) is 0 Å². The summed E-state index contributed by atoms with van der Waals surface area (Å²) in [5, 5.41) is 18.7. The molecule has 0 bridgehead atoms. The molecule has 1 aliphatic carbocycles. The summed E-state index contributed by atoms with van der Waals surface area (Å²) in [5.41, 5.74) is 17.0.